The maximum absolute atomic E-state index is 10.7. The molecule has 0 spiro atoms. The minimum Gasteiger partial charge on any atom is -0.480 e. The summed E-state index contributed by atoms with van der Waals surface area (Å²) in [6.45, 7) is 5.82. The van der Waals surface area contributed by atoms with Gasteiger partial charge >= 0.3 is 5.97 Å². The van der Waals surface area contributed by atoms with Gasteiger partial charge in [-0.15, -0.1) is 0 Å². The van der Waals surface area contributed by atoms with E-state index in [0.717, 1.165) is 49.9 Å². The molecule has 0 aromatic heterocycles. The molecule has 0 unspecified atom stereocenters. The van der Waals surface area contributed by atoms with Crippen LogP contribution < -0.4 is 0 Å². The summed E-state index contributed by atoms with van der Waals surface area (Å²) in [6.07, 6.45) is 0. The number of rotatable bonds is 9. The number of piperazine rings is 1. The molecular weight excluding hydrogens is 436 g/mol. The van der Waals surface area contributed by atoms with Gasteiger partial charge in [-0.25, -0.2) is 4.79 Å². The van der Waals surface area contributed by atoms with Crippen molar-refractivity contribution in [2.24, 2.45) is 0 Å². The number of ether oxygens (including phenoxy) is 1. The SMILES string of the molecule is O=C(O)COCc1ccccc1CN1CCN(Cc2ccccc2-c2ccc(Cl)cc2)CC1. The summed E-state index contributed by atoms with van der Waals surface area (Å²) < 4.78 is 5.31. The van der Waals surface area contributed by atoms with E-state index in [1.165, 1.54) is 22.3 Å². The first kappa shape index (κ1) is 23.5. The van der Waals surface area contributed by atoms with Gasteiger partial charge in [0, 0.05) is 44.3 Å². The summed E-state index contributed by atoms with van der Waals surface area (Å²) in [5.74, 6) is -0.943. The quantitative estimate of drug-likeness (QED) is 0.486. The maximum atomic E-state index is 10.7. The zero-order valence-corrected chi connectivity index (χ0v) is 19.4. The Morgan fingerprint density at radius 2 is 1.33 bits per heavy atom. The van der Waals surface area contributed by atoms with Crippen LogP contribution in [0, 0.1) is 0 Å². The van der Waals surface area contributed by atoms with E-state index < -0.39 is 5.97 Å². The van der Waals surface area contributed by atoms with E-state index in [9.17, 15) is 4.79 Å². The van der Waals surface area contributed by atoms with Crippen molar-refractivity contribution in [1.29, 1.82) is 0 Å². The molecule has 1 aliphatic heterocycles. The number of aliphatic carboxylic acids is 1. The predicted octanol–water partition coefficient (Wildman–Crippen LogP) is 4.93. The third-order valence-corrected chi connectivity index (χ3v) is 6.28. The lowest BCUT2D eigenvalue weighted by Gasteiger charge is -2.35. The fraction of sp³-hybridized carbons (Fsp3) is 0.296. The van der Waals surface area contributed by atoms with Gasteiger partial charge in [0.2, 0.25) is 0 Å². The van der Waals surface area contributed by atoms with Crippen LogP contribution in [0.4, 0.5) is 0 Å². The Balaban J connectivity index is 1.34. The first-order valence-electron chi connectivity index (χ1n) is 11.2. The molecule has 5 nitrogen and oxygen atoms in total. The molecule has 0 amide bonds. The van der Waals surface area contributed by atoms with Gasteiger partial charge in [-0.3, -0.25) is 9.80 Å². The molecule has 1 aliphatic rings. The van der Waals surface area contributed by atoms with Gasteiger partial charge in [0.05, 0.1) is 6.61 Å². The van der Waals surface area contributed by atoms with Crippen molar-refractivity contribution in [3.63, 3.8) is 0 Å². The number of carboxylic acid groups (broad SMARTS) is 1. The molecule has 1 N–H and O–H groups in total. The van der Waals surface area contributed by atoms with Crippen LogP contribution in [-0.4, -0.2) is 53.7 Å². The highest BCUT2D eigenvalue weighted by molar-refractivity contribution is 6.30. The number of hydrogen-bond donors (Lipinski definition) is 1. The summed E-state index contributed by atoms with van der Waals surface area (Å²) in [6, 6.07) is 24.7. The lowest BCUT2D eigenvalue weighted by molar-refractivity contribution is -0.142. The maximum Gasteiger partial charge on any atom is 0.329 e. The average molecular weight is 465 g/mol. The minimum atomic E-state index is -0.943. The number of hydrogen-bond acceptors (Lipinski definition) is 4. The monoisotopic (exact) mass is 464 g/mol. The molecule has 0 aliphatic carbocycles. The van der Waals surface area contributed by atoms with Crippen LogP contribution in [0.3, 0.4) is 0 Å². The number of nitrogens with zero attached hydrogens (tertiary/aromatic N) is 2. The Kier molecular flexibility index (Phi) is 8.13. The summed E-state index contributed by atoms with van der Waals surface area (Å²) >= 11 is 6.07. The second-order valence-electron chi connectivity index (χ2n) is 8.37. The number of carbonyl (C=O) groups is 1. The fourth-order valence-corrected chi connectivity index (χ4v) is 4.38. The molecule has 1 heterocycles. The molecular formula is C27H29ClN2O3. The molecule has 3 aromatic carbocycles. The topological polar surface area (TPSA) is 53.0 Å². The number of carboxylic acids is 1. The predicted molar refractivity (Wildman–Crippen MR) is 131 cm³/mol. The van der Waals surface area contributed by atoms with Gasteiger partial charge in [-0.05, 0) is 39.9 Å². The van der Waals surface area contributed by atoms with E-state index in [4.69, 9.17) is 21.4 Å². The standard InChI is InChI=1S/C27H29ClN2O3/c28-25-11-9-21(10-12-25)26-8-4-3-6-23(26)18-30-15-13-29(14-16-30)17-22-5-1-2-7-24(22)19-33-20-27(31)32/h1-12H,13-20H2,(H,31,32). The zero-order chi connectivity index (χ0) is 23.0. The van der Waals surface area contributed by atoms with Gasteiger partial charge < -0.3 is 9.84 Å². The summed E-state index contributed by atoms with van der Waals surface area (Å²) in [5, 5.41) is 9.55. The fourth-order valence-electron chi connectivity index (χ4n) is 4.26. The summed E-state index contributed by atoms with van der Waals surface area (Å²) in [7, 11) is 0. The van der Waals surface area contributed by atoms with Crippen molar-refractivity contribution in [2.75, 3.05) is 32.8 Å². The Bertz CT molecular complexity index is 1060. The third-order valence-electron chi connectivity index (χ3n) is 6.03. The summed E-state index contributed by atoms with van der Waals surface area (Å²) in [5.41, 5.74) is 6.03. The zero-order valence-electron chi connectivity index (χ0n) is 18.6. The van der Waals surface area contributed by atoms with Crippen LogP contribution in [0.1, 0.15) is 16.7 Å². The highest BCUT2D eigenvalue weighted by atomic mass is 35.5. The van der Waals surface area contributed by atoms with Gasteiger partial charge in [-0.1, -0.05) is 72.3 Å². The molecule has 0 saturated carbocycles. The first-order valence-corrected chi connectivity index (χ1v) is 11.6. The van der Waals surface area contributed by atoms with Crippen LogP contribution in [0.15, 0.2) is 72.8 Å². The molecule has 1 saturated heterocycles. The second-order valence-corrected chi connectivity index (χ2v) is 8.81. The van der Waals surface area contributed by atoms with Crippen molar-refractivity contribution in [3.8, 4) is 11.1 Å². The molecule has 172 valence electrons. The number of benzene rings is 3. The van der Waals surface area contributed by atoms with Gasteiger partial charge in [-0.2, -0.15) is 0 Å². The Hall–Kier alpha value is -2.70. The molecule has 4 rings (SSSR count). The first-order chi connectivity index (χ1) is 16.1. The smallest absolute Gasteiger partial charge is 0.329 e. The second kappa shape index (κ2) is 11.4. The van der Waals surface area contributed by atoms with Crippen LogP contribution in [0.5, 0.6) is 0 Å². The highest BCUT2D eigenvalue weighted by Crippen LogP contribution is 2.26. The van der Waals surface area contributed by atoms with Crippen molar-refractivity contribution in [3.05, 3.63) is 94.5 Å². The van der Waals surface area contributed by atoms with Crippen LogP contribution in [-0.2, 0) is 29.2 Å². The van der Waals surface area contributed by atoms with E-state index in [1.807, 2.05) is 30.3 Å². The Morgan fingerprint density at radius 3 is 1.97 bits per heavy atom. The van der Waals surface area contributed by atoms with E-state index in [-0.39, 0.29) is 6.61 Å². The van der Waals surface area contributed by atoms with Crippen molar-refractivity contribution < 1.29 is 14.6 Å². The molecule has 0 atom stereocenters. The largest absolute Gasteiger partial charge is 0.480 e. The van der Waals surface area contributed by atoms with Crippen LogP contribution >= 0.6 is 11.6 Å². The minimum absolute atomic E-state index is 0.273. The summed E-state index contributed by atoms with van der Waals surface area (Å²) in [4.78, 5) is 15.7. The van der Waals surface area contributed by atoms with E-state index in [0.29, 0.717) is 6.61 Å². The van der Waals surface area contributed by atoms with E-state index in [1.54, 1.807) is 0 Å². The van der Waals surface area contributed by atoms with Crippen molar-refractivity contribution in [2.45, 2.75) is 19.7 Å². The van der Waals surface area contributed by atoms with E-state index in [2.05, 4.69) is 52.3 Å². The van der Waals surface area contributed by atoms with Gasteiger partial charge in [0.25, 0.3) is 0 Å². The lowest BCUT2D eigenvalue weighted by Crippen LogP contribution is -2.45. The molecule has 33 heavy (non-hydrogen) atoms. The molecule has 0 bridgehead atoms. The normalized spacial score (nSPS) is 14.9. The van der Waals surface area contributed by atoms with Crippen LogP contribution in [0.2, 0.25) is 5.02 Å². The van der Waals surface area contributed by atoms with Gasteiger partial charge in [0.1, 0.15) is 6.61 Å². The average Bonchev–Trinajstić information content (AvgIpc) is 2.82. The Morgan fingerprint density at radius 1 is 0.788 bits per heavy atom. The molecule has 3 aromatic rings. The Labute approximate surface area is 200 Å². The van der Waals surface area contributed by atoms with Gasteiger partial charge in [0.15, 0.2) is 0 Å². The third kappa shape index (κ3) is 6.65. The molecule has 6 heteroatoms. The molecule has 0 radical (unpaired) electrons. The van der Waals surface area contributed by atoms with E-state index >= 15 is 0 Å². The molecule has 1 fully saturated rings. The van der Waals surface area contributed by atoms with Crippen LogP contribution in [0.25, 0.3) is 11.1 Å². The van der Waals surface area contributed by atoms with Crippen molar-refractivity contribution in [1.82, 2.24) is 9.80 Å². The van der Waals surface area contributed by atoms with Crippen molar-refractivity contribution >= 4 is 17.6 Å². The highest BCUT2D eigenvalue weighted by Gasteiger charge is 2.19. The number of halogens is 1. The lowest BCUT2D eigenvalue weighted by atomic mass is 9.99.